The molecule has 38 heavy (non-hydrogen) atoms. The molecule has 4 aliphatic carbocycles. The van der Waals surface area contributed by atoms with Crippen LogP contribution in [0.3, 0.4) is 0 Å². The summed E-state index contributed by atoms with van der Waals surface area (Å²) in [6.45, 7) is 2.86. The van der Waals surface area contributed by atoms with Gasteiger partial charge >= 0.3 is 0 Å². The molecule has 0 saturated heterocycles. The molecule has 2 amide bonds. The van der Waals surface area contributed by atoms with Gasteiger partial charge in [0, 0.05) is 18.2 Å². The van der Waals surface area contributed by atoms with Crippen molar-refractivity contribution < 1.29 is 9.59 Å². The normalized spacial score (nSPS) is 25.3. The molecule has 0 aliphatic heterocycles. The number of benzene rings is 2. The third-order valence-corrected chi connectivity index (χ3v) is 8.94. The highest BCUT2D eigenvalue weighted by Gasteiger charge is 2.55. The van der Waals surface area contributed by atoms with Crippen LogP contribution >= 0.6 is 0 Å². The lowest BCUT2D eigenvalue weighted by Crippen LogP contribution is -2.55. The average molecular weight is 511 g/mol. The second kappa shape index (κ2) is 10.4. The van der Waals surface area contributed by atoms with Crippen molar-refractivity contribution >= 4 is 17.6 Å². The summed E-state index contributed by atoms with van der Waals surface area (Å²) in [5, 5.41) is 7.92. The Bertz CT molecular complexity index is 1250. The van der Waals surface area contributed by atoms with Crippen molar-refractivity contribution in [2.24, 2.45) is 23.2 Å². The van der Waals surface area contributed by atoms with E-state index in [4.69, 9.17) is 5.10 Å². The quantitative estimate of drug-likeness (QED) is 0.366. The van der Waals surface area contributed by atoms with Gasteiger partial charge in [-0.3, -0.25) is 9.59 Å². The first-order chi connectivity index (χ1) is 18.5. The molecule has 1 heterocycles. The molecule has 3 aromatic rings. The van der Waals surface area contributed by atoms with Gasteiger partial charge in [0.05, 0.1) is 23.3 Å². The average Bonchev–Trinajstić information content (AvgIpc) is 3.34. The van der Waals surface area contributed by atoms with E-state index in [0.717, 1.165) is 49.0 Å². The lowest BCUT2D eigenvalue weighted by molar-refractivity contribution is -0.158. The summed E-state index contributed by atoms with van der Waals surface area (Å²) in [5.74, 6) is 2.76. The maximum Gasteiger partial charge on any atom is 0.245 e. The molecule has 4 bridgehead atoms. The highest BCUT2D eigenvalue weighted by Crippen LogP contribution is 2.60. The molecule has 1 aromatic heterocycles. The zero-order chi connectivity index (χ0) is 26.1. The van der Waals surface area contributed by atoms with E-state index >= 15 is 0 Å². The van der Waals surface area contributed by atoms with E-state index in [0.29, 0.717) is 30.1 Å². The van der Waals surface area contributed by atoms with Crippen LogP contribution in [0.1, 0.15) is 58.3 Å². The predicted octanol–water partition coefficient (Wildman–Crippen LogP) is 6.32. The van der Waals surface area contributed by atoms with Gasteiger partial charge in [-0.25, -0.2) is 4.68 Å². The number of anilines is 1. The van der Waals surface area contributed by atoms with E-state index in [1.165, 1.54) is 19.3 Å². The number of hydrogen-bond donors (Lipinski definition) is 1. The van der Waals surface area contributed by atoms with Gasteiger partial charge in [0.2, 0.25) is 11.8 Å². The summed E-state index contributed by atoms with van der Waals surface area (Å²) in [6, 6.07) is 21.7. The van der Waals surface area contributed by atoms with Crippen LogP contribution in [0.2, 0.25) is 0 Å². The molecule has 4 fully saturated rings. The van der Waals surface area contributed by atoms with Gasteiger partial charge in [-0.15, -0.1) is 0 Å². The van der Waals surface area contributed by atoms with E-state index in [-0.39, 0.29) is 23.8 Å². The Morgan fingerprint density at radius 3 is 2.16 bits per heavy atom. The summed E-state index contributed by atoms with van der Waals surface area (Å²) in [7, 11) is 0. The Labute approximate surface area is 225 Å². The molecule has 4 saturated carbocycles. The molecular formula is C32H38N4O2. The van der Waals surface area contributed by atoms with Crippen LogP contribution in [0.4, 0.5) is 5.82 Å². The van der Waals surface area contributed by atoms with Gasteiger partial charge in [0.1, 0.15) is 5.82 Å². The van der Waals surface area contributed by atoms with Gasteiger partial charge in [0.15, 0.2) is 0 Å². The van der Waals surface area contributed by atoms with Crippen LogP contribution in [0.15, 0.2) is 66.7 Å². The second-order valence-corrected chi connectivity index (χ2v) is 11.9. The number of amides is 2. The van der Waals surface area contributed by atoms with Crippen molar-refractivity contribution in [3.05, 3.63) is 66.7 Å². The van der Waals surface area contributed by atoms with Gasteiger partial charge in [-0.2, -0.15) is 5.10 Å². The van der Waals surface area contributed by atoms with Crippen molar-refractivity contribution in [3.63, 3.8) is 0 Å². The van der Waals surface area contributed by atoms with Crippen molar-refractivity contribution in [1.82, 2.24) is 14.7 Å². The molecule has 2 aromatic carbocycles. The first-order valence-electron chi connectivity index (χ1n) is 14.3. The van der Waals surface area contributed by atoms with Crippen molar-refractivity contribution in [3.8, 4) is 16.9 Å². The maximum absolute atomic E-state index is 14.1. The molecule has 6 nitrogen and oxygen atoms in total. The van der Waals surface area contributed by atoms with E-state index < -0.39 is 0 Å². The van der Waals surface area contributed by atoms with Gasteiger partial charge in [0.25, 0.3) is 0 Å². The summed E-state index contributed by atoms with van der Waals surface area (Å²) >= 11 is 0. The Morgan fingerprint density at radius 1 is 0.947 bits per heavy atom. The number of carbonyl (C=O) groups excluding carboxylic acids is 2. The van der Waals surface area contributed by atoms with Crippen molar-refractivity contribution in [2.45, 2.75) is 58.3 Å². The number of unbranched alkanes of at least 4 members (excludes halogenated alkanes) is 1. The SMILES string of the molecule is CCCCN(CC(=O)Nc1cc(-c2ccccc2)nn1-c1ccccc1)C(=O)C12CC3CC(CC(C3)C1)C2. The smallest absolute Gasteiger partial charge is 0.245 e. The molecule has 0 radical (unpaired) electrons. The predicted molar refractivity (Wildman–Crippen MR) is 150 cm³/mol. The first kappa shape index (κ1) is 24.9. The highest BCUT2D eigenvalue weighted by molar-refractivity contribution is 5.95. The number of carbonyl (C=O) groups is 2. The number of nitrogens with one attached hydrogen (secondary N) is 1. The Kier molecular flexibility index (Phi) is 6.81. The minimum atomic E-state index is -0.241. The molecule has 1 N–H and O–H groups in total. The molecule has 4 aliphatic rings. The van der Waals surface area contributed by atoms with E-state index in [2.05, 4.69) is 12.2 Å². The second-order valence-electron chi connectivity index (χ2n) is 11.9. The standard InChI is InChI=1S/C32H38N4O2/c1-2-3-14-35(31(38)32-19-23-15-24(20-32)17-25(16-23)21-32)22-30(37)33-29-18-28(26-10-6-4-7-11-26)34-36(29)27-12-8-5-9-13-27/h4-13,18,23-25H,2-3,14-17,19-22H2,1H3,(H,33,37). The third-order valence-electron chi connectivity index (χ3n) is 8.94. The Hall–Kier alpha value is -3.41. The van der Waals surface area contributed by atoms with Crippen molar-refractivity contribution in [1.29, 1.82) is 0 Å². The highest BCUT2D eigenvalue weighted by atomic mass is 16.2. The number of hydrogen-bond acceptors (Lipinski definition) is 3. The first-order valence-corrected chi connectivity index (χ1v) is 14.3. The molecule has 0 unspecified atom stereocenters. The largest absolute Gasteiger partial charge is 0.333 e. The fraction of sp³-hybridized carbons (Fsp3) is 0.469. The molecule has 198 valence electrons. The summed E-state index contributed by atoms with van der Waals surface area (Å²) in [6.07, 6.45) is 8.86. The summed E-state index contributed by atoms with van der Waals surface area (Å²) in [5.41, 5.74) is 2.41. The molecule has 0 spiro atoms. The zero-order valence-corrected chi connectivity index (χ0v) is 22.3. The molecule has 0 atom stereocenters. The van der Waals surface area contributed by atoms with Crippen LogP contribution in [0.5, 0.6) is 0 Å². The van der Waals surface area contributed by atoms with Crippen LogP contribution in [-0.4, -0.2) is 39.6 Å². The number of aromatic nitrogens is 2. The number of para-hydroxylation sites is 1. The van der Waals surface area contributed by atoms with Crippen LogP contribution in [-0.2, 0) is 9.59 Å². The Balaban J connectivity index is 1.23. The lowest BCUT2D eigenvalue weighted by Gasteiger charge is -2.56. The van der Waals surface area contributed by atoms with Crippen LogP contribution < -0.4 is 5.32 Å². The van der Waals surface area contributed by atoms with Gasteiger partial charge in [-0.05, 0) is 74.8 Å². The lowest BCUT2D eigenvalue weighted by atomic mass is 9.49. The van der Waals surface area contributed by atoms with E-state index in [1.807, 2.05) is 71.6 Å². The fourth-order valence-corrected chi connectivity index (χ4v) is 7.65. The molecule has 6 heteroatoms. The zero-order valence-electron chi connectivity index (χ0n) is 22.3. The molecule has 7 rings (SSSR count). The van der Waals surface area contributed by atoms with Gasteiger partial charge < -0.3 is 10.2 Å². The summed E-state index contributed by atoms with van der Waals surface area (Å²) in [4.78, 5) is 29.5. The van der Waals surface area contributed by atoms with Crippen molar-refractivity contribution in [2.75, 3.05) is 18.4 Å². The number of rotatable bonds is 9. The van der Waals surface area contributed by atoms with E-state index in [1.54, 1.807) is 4.68 Å². The third kappa shape index (κ3) is 4.89. The topological polar surface area (TPSA) is 67.2 Å². The number of nitrogens with zero attached hydrogens (tertiary/aromatic N) is 3. The van der Waals surface area contributed by atoms with Crippen LogP contribution in [0.25, 0.3) is 16.9 Å². The molecular weight excluding hydrogens is 472 g/mol. The van der Waals surface area contributed by atoms with Gasteiger partial charge in [-0.1, -0.05) is 61.9 Å². The fourth-order valence-electron chi connectivity index (χ4n) is 7.65. The van der Waals surface area contributed by atoms with Crippen LogP contribution in [0, 0.1) is 23.2 Å². The summed E-state index contributed by atoms with van der Waals surface area (Å²) < 4.78 is 1.78. The monoisotopic (exact) mass is 510 g/mol. The minimum absolute atomic E-state index is 0.0845. The van der Waals surface area contributed by atoms with E-state index in [9.17, 15) is 9.59 Å². The Morgan fingerprint density at radius 2 is 1.55 bits per heavy atom. The minimum Gasteiger partial charge on any atom is -0.333 e. The maximum atomic E-state index is 14.1.